The molecule has 118 valence electrons. The van der Waals surface area contributed by atoms with E-state index in [-0.39, 0.29) is 17.2 Å². The van der Waals surface area contributed by atoms with Crippen molar-refractivity contribution in [1.29, 1.82) is 0 Å². The van der Waals surface area contributed by atoms with Crippen molar-refractivity contribution >= 4 is 10.0 Å². The first kappa shape index (κ1) is 15.0. The monoisotopic (exact) mass is 314 g/mol. The summed E-state index contributed by atoms with van der Waals surface area (Å²) in [6.07, 6.45) is 6.53. The van der Waals surface area contributed by atoms with Crippen molar-refractivity contribution in [2.75, 3.05) is 7.11 Å². The second-order valence-corrected chi connectivity index (χ2v) is 7.46. The molecule has 2 fully saturated rings. The van der Waals surface area contributed by atoms with Crippen LogP contribution >= 0.6 is 0 Å². The van der Waals surface area contributed by atoms with Crippen molar-refractivity contribution in [1.82, 2.24) is 20.2 Å². The third-order valence-electron chi connectivity index (χ3n) is 4.17. The molecule has 8 heteroatoms. The molecule has 2 atom stereocenters. The van der Waals surface area contributed by atoms with E-state index in [1.807, 2.05) is 0 Å². The zero-order valence-corrected chi connectivity index (χ0v) is 12.9. The molecular weight excluding hydrogens is 292 g/mol. The number of nitrogens with one attached hydrogen (secondary N) is 3. The highest BCUT2D eigenvalue weighted by Gasteiger charge is 2.33. The standard InChI is InChI=1S/C13H22N4O3S/c1-20-12-4-2-3-11(12)17-21(18,19)13-9(8-15-16-13)7-14-10-5-6-10/h8,10-12,14,17H,2-7H2,1H3,(H,15,16). The van der Waals surface area contributed by atoms with Gasteiger partial charge < -0.3 is 10.1 Å². The van der Waals surface area contributed by atoms with Gasteiger partial charge in [-0.3, -0.25) is 5.10 Å². The van der Waals surface area contributed by atoms with Gasteiger partial charge in [-0.05, 0) is 32.1 Å². The maximum Gasteiger partial charge on any atom is 0.258 e. The summed E-state index contributed by atoms with van der Waals surface area (Å²) in [5.41, 5.74) is 0.682. The Morgan fingerprint density at radius 2 is 2.19 bits per heavy atom. The van der Waals surface area contributed by atoms with Crippen molar-refractivity contribution in [2.24, 2.45) is 0 Å². The van der Waals surface area contributed by atoms with Gasteiger partial charge in [-0.1, -0.05) is 0 Å². The Bertz CT molecular complexity index is 582. The molecule has 0 bridgehead atoms. The van der Waals surface area contributed by atoms with Crippen molar-refractivity contribution in [3.05, 3.63) is 11.8 Å². The minimum Gasteiger partial charge on any atom is -0.380 e. The van der Waals surface area contributed by atoms with Gasteiger partial charge in [0.15, 0.2) is 5.03 Å². The van der Waals surface area contributed by atoms with Crippen LogP contribution in [0.4, 0.5) is 0 Å². The summed E-state index contributed by atoms with van der Waals surface area (Å²) in [5, 5.41) is 9.97. The molecule has 7 nitrogen and oxygen atoms in total. The first-order valence-corrected chi connectivity index (χ1v) is 8.89. The zero-order chi connectivity index (χ0) is 14.9. The summed E-state index contributed by atoms with van der Waals surface area (Å²) >= 11 is 0. The zero-order valence-electron chi connectivity index (χ0n) is 12.1. The summed E-state index contributed by atoms with van der Waals surface area (Å²) in [4.78, 5) is 0. The summed E-state index contributed by atoms with van der Waals surface area (Å²) in [6.45, 7) is 0.524. The van der Waals surface area contributed by atoms with Crippen molar-refractivity contribution in [3.63, 3.8) is 0 Å². The molecule has 2 saturated carbocycles. The van der Waals surface area contributed by atoms with Gasteiger partial charge in [0.1, 0.15) is 0 Å². The Balaban J connectivity index is 1.70. The summed E-state index contributed by atoms with van der Waals surface area (Å²) in [5.74, 6) is 0. The largest absolute Gasteiger partial charge is 0.380 e. The van der Waals surface area contributed by atoms with Crippen LogP contribution in [-0.2, 0) is 21.3 Å². The molecule has 2 aliphatic rings. The van der Waals surface area contributed by atoms with E-state index >= 15 is 0 Å². The molecule has 21 heavy (non-hydrogen) atoms. The lowest BCUT2D eigenvalue weighted by atomic mass is 10.2. The van der Waals surface area contributed by atoms with Gasteiger partial charge in [0.25, 0.3) is 10.0 Å². The number of rotatable bonds is 7. The van der Waals surface area contributed by atoms with Gasteiger partial charge in [0.2, 0.25) is 0 Å². The fraction of sp³-hybridized carbons (Fsp3) is 0.769. The average Bonchev–Trinajstić information content (AvgIpc) is 2.98. The first-order chi connectivity index (χ1) is 10.1. The number of methoxy groups -OCH3 is 1. The smallest absolute Gasteiger partial charge is 0.258 e. The van der Waals surface area contributed by atoms with E-state index in [0.29, 0.717) is 18.2 Å². The number of sulfonamides is 1. The third-order valence-corrected chi connectivity index (χ3v) is 5.67. The van der Waals surface area contributed by atoms with Gasteiger partial charge in [0, 0.05) is 31.3 Å². The van der Waals surface area contributed by atoms with Crippen LogP contribution in [0.5, 0.6) is 0 Å². The Kier molecular flexibility index (Phi) is 4.30. The Hall–Kier alpha value is -0.960. The topological polar surface area (TPSA) is 96.1 Å². The maximum atomic E-state index is 12.5. The maximum absolute atomic E-state index is 12.5. The number of hydrogen-bond acceptors (Lipinski definition) is 5. The van der Waals surface area contributed by atoms with Gasteiger partial charge in [-0.2, -0.15) is 5.10 Å². The number of H-pyrrole nitrogens is 1. The highest BCUT2D eigenvalue weighted by Crippen LogP contribution is 2.24. The van der Waals surface area contributed by atoms with E-state index < -0.39 is 10.0 Å². The van der Waals surface area contributed by atoms with E-state index in [9.17, 15) is 8.42 Å². The van der Waals surface area contributed by atoms with Gasteiger partial charge >= 0.3 is 0 Å². The SMILES string of the molecule is COC1CCCC1NS(=O)(=O)c1[nH]ncc1CNC1CC1. The van der Waals surface area contributed by atoms with Gasteiger partial charge in [0.05, 0.1) is 12.3 Å². The molecule has 2 aliphatic carbocycles. The van der Waals surface area contributed by atoms with Gasteiger partial charge in [-0.25, -0.2) is 13.1 Å². The second-order valence-electron chi connectivity index (χ2n) is 5.81. The third kappa shape index (κ3) is 3.45. The second kappa shape index (κ2) is 6.04. The van der Waals surface area contributed by atoms with Crippen LogP contribution in [0.3, 0.4) is 0 Å². The van der Waals surface area contributed by atoms with Crippen LogP contribution in [0, 0.1) is 0 Å². The van der Waals surface area contributed by atoms with Crippen molar-refractivity contribution < 1.29 is 13.2 Å². The minimum atomic E-state index is -3.59. The predicted octanol–water partition coefficient (Wildman–Crippen LogP) is 0.508. The highest BCUT2D eigenvalue weighted by molar-refractivity contribution is 7.89. The van der Waals surface area contributed by atoms with E-state index in [0.717, 1.165) is 32.1 Å². The normalized spacial score (nSPS) is 26.3. The molecule has 0 aliphatic heterocycles. The van der Waals surface area contributed by atoms with E-state index in [4.69, 9.17) is 4.74 Å². The molecule has 3 rings (SSSR count). The lowest BCUT2D eigenvalue weighted by Crippen LogP contribution is -2.41. The van der Waals surface area contributed by atoms with Crippen LogP contribution in [0.25, 0.3) is 0 Å². The van der Waals surface area contributed by atoms with Crippen molar-refractivity contribution in [2.45, 2.75) is 61.9 Å². The predicted molar refractivity (Wildman–Crippen MR) is 77.2 cm³/mol. The molecule has 0 spiro atoms. The molecule has 0 saturated heterocycles. The average molecular weight is 314 g/mol. The van der Waals surface area contributed by atoms with E-state index in [2.05, 4.69) is 20.2 Å². The number of aromatic nitrogens is 2. The Morgan fingerprint density at radius 1 is 1.38 bits per heavy atom. The number of aromatic amines is 1. The van der Waals surface area contributed by atoms with Gasteiger partial charge in [-0.15, -0.1) is 0 Å². The number of ether oxygens (including phenoxy) is 1. The summed E-state index contributed by atoms with van der Waals surface area (Å²) < 4.78 is 33.1. The lowest BCUT2D eigenvalue weighted by Gasteiger charge is -2.19. The van der Waals surface area contributed by atoms with Crippen LogP contribution in [0.2, 0.25) is 0 Å². The molecule has 1 aromatic rings. The van der Waals surface area contributed by atoms with Crippen LogP contribution in [-0.4, -0.2) is 43.9 Å². The summed E-state index contributed by atoms with van der Waals surface area (Å²) in [7, 11) is -1.97. The Labute approximate surface area is 124 Å². The van der Waals surface area contributed by atoms with Crippen LogP contribution < -0.4 is 10.0 Å². The quantitative estimate of drug-likeness (QED) is 0.681. The van der Waals surface area contributed by atoms with E-state index in [1.54, 1.807) is 13.3 Å². The molecule has 0 aromatic carbocycles. The van der Waals surface area contributed by atoms with Crippen molar-refractivity contribution in [3.8, 4) is 0 Å². The fourth-order valence-electron chi connectivity index (χ4n) is 2.80. The Morgan fingerprint density at radius 3 is 2.90 bits per heavy atom. The molecule has 0 radical (unpaired) electrons. The highest BCUT2D eigenvalue weighted by atomic mass is 32.2. The molecule has 1 aromatic heterocycles. The number of nitrogens with zero attached hydrogens (tertiary/aromatic N) is 1. The molecule has 2 unspecified atom stereocenters. The minimum absolute atomic E-state index is 0.0456. The first-order valence-electron chi connectivity index (χ1n) is 7.41. The van der Waals surface area contributed by atoms with E-state index in [1.165, 1.54) is 0 Å². The van der Waals surface area contributed by atoms with Crippen LogP contribution in [0.1, 0.15) is 37.7 Å². The van der Waals surface area contributed by atoms with Crippen LogP contribution in [0.15, 0.2) is 11.2 Å². The molecular formula is C13H22N4O3S. The fourth-order valence-corrected chi connectivity index (χ4v) is 4.23. The lowest BCUT2D eigenvalue weighted by molar-refractivity contribution is 0.0916. The molecule has 1 heterocycles. The molecule has 3 N–H and O–H groups in total. The molecule has 0 amide bonds. The number of hydrogen-bond donors (Lipinski definition) is 3. The summed E-state index contributed by atoms with van der Waals surface area (Å²) in [6, 6.07) is 0.364.